The molecule has 8 nitrogen and oxygen atoms in total. The Kier molecular flexibility index (Phi) is 5.17. The van der Waals surface area contributed by atoms with Crippen molar-refractivity contribution in [2.75, 3.05) is 50.7 Å². The largest absolute Gasteiger partial charge is 0.481 e. The number of carboxylic acids is 1. The molecule has 1 amide bonds. The average Bonchev–Trinajstić information content (AvgIpc) is 2.63. The van der Waals surface area contributed by atoms with Crippen molar-refractivity contribution in [1.29, 1.82) is 0 Å². The van der Waals surface area contributed by atoms with Gasteiger partial charge in [-0.05, 0) is 25.8 Å². The van der Waals surface area contributed by atoms with Crippen molar-refractivity contribution in [1.82, 2.24) is 19.8 Å². The molecule has 0 radical (unpaired) electrons. The molecule has 0 bridgehead atoms. The molecule has 0 aromatic carbocycles. The molecular formula is C17H25N5O3. The van der Waals surface area contributed by atoms with E-state index in [4.69, 9.17) is 0 Å². The van der Waals surface area contributed by atoms with Crippen LogP contribution in [-0.4, -0.2) is 82.6 Å². The highest BCUT2D eigenvalue weighted by molar-refractivity contribution is 5.80. The van der Waals surface area contributed by atoms with Gasteiger partial charge in [-0.1, -0.05) is 0 Å². The lowest BCUT2D eigenvalue weighted by Gasteiger charge is -2.39. The molecule has 1 aromatic heterocycles. The molecule has 2 saturated heterocycles. The average molecular weight is 347 g/mol. The minimum absolute atomic E-state index is 0.0246. The fourth-order valence-corrected chi connectivity index (χ4v) is 3.48. The van der Waals surface area contributed by atoms with E-state index in [1.54, 1.807) is 30.3 Å². The lowest BCUT2D eigenvalue weighted by atomic mass is 9.82. The van der Waals surface area contributed by atoms with Crippen molar-refractivity contribution in [3.63, 3.8) is 0 Å². The van der Waals surface area contributed by atoms with Crippen LogP contribution < -0.4 is 4.90 Å². The minimum Gasteiger partial charge on any atom is -0.481 e. The lowest BCUT2D eigenvalue weighted by Crippen LogP contribution is -2.53. The third-order valence-corrected chi connectivity index (χ3v) is 5.13. The van der Waals surface area contributed by atoms with Crippen molar-refractivity contribution in [3.05, 3.63) is 18.5 Å². The molecule has 136 valence electrons. The zero-order valence-corrected chi connectivity index (χ0v) is 14.6. The molecule has 0 unspecified atom stereocenters. The van der Waals surface area contributed by atoms with Gasteiger partial charge >= 0.3 is 5.97 Å². The number of amides is 1. The molecule has 2 fully saturated rings. The zero-order valence-electron chi connectivity index (χ0n) is 14.6. The van der Waals surface area contributed by atoms with Crippen molar-refractivity contribution in [2.45, 2.75) is 19.8 Å². The molecule has 3 rings (SSSR count). The Morgan fingerprint density at radius 2 is 1.84 bits per heavy atom. The maximum absolute atomic E-state index is 12.6. The highest BCUT2D eigenvalue weighted by Crippen LogP contribution is 2.29. The molecule has 1 N–H and O–H groups in total. The number of aliphatic carboxylic acids is 1. The van der Waals surface area contributed by atoms with Crippen LogP contribution in [0, 0.1) is 5.41 Å². The van der Waals surface area contributed by atoms with E-state index >= 15 is 0 Å². The van der Waals surface area contributed by atoms with Gasteiger partial charge in [0.1, 0.15) is 0 Å². The molecule has 2 aliphatic rings. The summed E-state index contributed by atoms with van der Waals surface area (Å²) in [5.41, 5.74) is -0.822. The smallest absolute Gasteiger partial charge is 0.311 e. The Labute approximate surface area is 147 Å². The maximum atomic E-state index is 12.6. The molecule has 0 aliphatic carbocycles. The van der Waals surface area contributed by atoms with Gasteiger partial charge in [0.25, 0.3) is 0 Å². The van der Waals surface area contributed by atoms with E-state index in [9.17, 15) is 14.7 Å². The molecule has 0 spiro atoms. The number of hydrogen-bond acceptors (Lipinski definition) is 6. The first kappa shape index (κ1) is 17.6. The van der Waals surface area contributed by atoms with E-state index < -0.39 is 11.4 Å². The monoisotopic (exact) mass is 347 g/mol. The van der Waals surface area contributed by atoms with Crippen LogP contribution in [0.2, 0.25) is 0 Å². The van der Waals surface area contributed by atoms with Crippen molar-refractivity contribution in [3.8, 4) is 0 Å². The highest BCUT2D eigenvalue weighted by atomic mass is 16.4. The van der Waals surface area contributed by atoms with Gasteiger partial charge in [-0.15, -0.1) is 0 Å². The Hall–Kier alpha value is -2.22. The van der Waals surface area contributed by atoms with Crippen molar-refractivity contribution in [2.24, 2.45) is 5.41 Å². The number of carbonyl (C=O) groups excluding carboxylic acids is 1. The Bertz CT molecular complexity index is 618. The van der Waals surface area contributed by atoms with Gasteiger partial charge in [0, 0.05) is 51.7 Å². The van der Waals surface area contributed by atoms with Crippen LogP contribution >= 0.6 is 0 Å². The van der Waals surface area contributed by atoms with Crippen LogP contribution in [0.1, 0.15) is 19.8 Å². The fraction of sp³-hybridized carbons (Fsp3) is 0.647. The molecule has 1 aromatic rings. The Morgan fingerprint density at radius 3 is 2.48 bits per heavy atom. The summed E-state index contributed by atoms with van der Waals surface area (Å²) in [5.74, 6) is -0.0696. The van der Waals surface area contributed by atoms with Crippen LogP contribution in [0.4, 0.5) is 5.95 Å². The summed E-state index contributed by atoms with van der Waals surface area (Å²) in [7, 11) is 0. The van der Waals surface area contributed by atoms with Gasteiger partial charge in [0.15, 0.2) is 0 Å². The van der Waals surface area contributed by atoms with Gasteiger partial charge in [0.05, 0.1) is 12.0 Å². The second kappa shape index (κ2) is 7.35. The van der Waals surface area contributed by atoms with Crippen LogP contribution in [0.5, 0.6) is 0 Å². The van der Waals surface area contributed by atoms with Crippen molar-refractivity contribution < 1.29 is 14.7 Å². The lowest BCUT2D eigenvalue weighted by molar-refractivity contribution is -0.153. The minimum atomic E-state index is -0.822. The summed E-state index contributed by atoms with van der Waals surface area (Å²) in [4.78, 5) is 38.5. The first-order valence-electron chi connectivity index (χ1n) is 8.73. The Balaban J connectivity index is 1.50. The van der Waals surface area contributed by atoms with E-state index in [0.717, 1.165) is 38.5 Å². The number of rotatable bonds is 4. The predicted molar refractivity (Wildman–Crippen MR) is 92.2 cm³/mol. The topological polar surface area (TPSA) is 89.9 Å². The van der Waals surface area contributed by atoms with E-state index in [1.807, 2.05) is 0 Å². The predicted octanol–water partition coefficient (Wildman–Crippen LogP) is 0.312. The van der Waals surface area contributed by atoms with Gasteiger partial charge in [-0.25, -0.2) is 9.97 Å². The summed E-state index contributed by atoms with van der Waals surface area (Å²) in [6, 6.07) is 1.79. The van der Waals surface area contributed by atoms with E-state index in [1.165, 1.54) is 0 Å². The number of aromatic nitrogens is 2. The normalized spacial score (nSPS) is 25.0. The molecule has 8 heteroatoms. The molecule has 3 heterocycles. The number of anilines is 1. The van der Waals surface area contributed by atoms with Gasteiger partial charge in [-0.3, -0.25) is 14.5 Å². The van der Waals surface area contributed by atoms with E-state index in [0.29, 0.717) is 26.1 Å². The van der Waals surface area contributed by atoms with Crippen LogP contribution in [0.25, 0.3) is 0 Å². The van der Waals surface area contributed by atoms with Crippen LogP contribution in [0.3, 0.4) is 0 Å². The van der Waals surface area contributed by atoms with E-state index in [2.05, 4.69) is 19.8 Å². The summed E-state index contributed by atoms with van der Waals surface area (Å²) in [6.45, 7) is 6.14. The summed E-state index contributed by atoms with van der Waals surface area (Å²) in [6.07, 6.45) is 4.83. The number of carboxylic acid groups (broad SMARTS) is 1. The Morgan fingerprint density at radius 1 is 1.16 bits per heavy atom. The number of piperidine rings is 1. The van der Waals surface area contributed by atoms with E-state index in [-0.39, 0.29) is 5.91 Å². The highest BCUT2D eigenvalue weighted by Gasteiger charge is 2.39. The first-order valence-corrected chi connectivity index (χ1v) is 8.73. The number of likely N-dealkylation sites (tertiary alicyclic amines) is 1. The summed E-state index contributed by atoms with van der Waals surface area (Å²) < 4.78 is 0. The van der Waals surface area contributed by atoms with Crippen molar-refractivity contribution >= 4 is 17.8 Å². The second-order valence-electron chi connectivity index (χ2n) is 7.10. The first-order chi connectivity index (χ1) is 12.0. The number of carbonyl (C=O) groups is 2. The number of nitrogens with zero attached hydrogens (tertiary/aromatic N) is 5. The SMILES string of the molecule is C[C@]1(C(=O)O)CCCN(C(=O)CN2CCN(c3ncccn3)CC2)C1. The second-order valence-corrected chi connectivity index (χ2v) is 7.10. The summed E-state index contributed by atoms with van der Waals surface area (Å²) >= 11 is 0. The summed E-state index contributed by atoms with van der Waals surface area (Å²) in [5, 5.41) is 9.39. The molecular weight excluding hydrogens is 322 g/mol. The maximum Gasteiger partial charge on any atom is 0.311 e. The quantitative estimate of drug-likeness (QED) is 0.838. The molecule has 1 atom stereocenters. The molecule has 0 saturated carbocycles. The molecule has 25 heavy (non-hydrogen) atoms. The molecule has 2 aliphatic heterocycles. The zero-order chi connectivity index (χ0) is 17.9. The number of hydrogen-bond donors (Lipinski definition) is 1. The van der Waals surface area contributed by atoms with Gasteiger partial charge in [0.2, 0.25) is 11.9 Å². The fourth-order valence-electron chi connectivity index (χ4n) is 3.48. The number of piperazine rings is 1. The standard InChI is InChI=1S/C17H25N5O3/c1-17(15(24)25)4-2-7-22(13-17)14(23)12-20-8-10-21(11-9-20)16-18-5-3-6-19-16/h3,5-6H,2,4,7-13H2,1H3,(H,24,25)/t17-/m0/s1. The third kappa shape index (κ3) is 4.07. The van der Waals surface area contributed by atoms with Gasteiger partial charge < -0.3 is 14.9 Å². The van der Waals surface area contributed by atoms with Crippen LogP contribution in [0.15, 0.2) is 18.5 Å². The third-order valence-electron chi connectivity index (χ3n) is 5.13. The van der Waals surface area contributed by atoms with Crippen LogP contribution in [-0.2, 0) is 9.59 Å². The van der Waals surface area contributed by atoms with Gasteiger partial charge in [-0.2, -0.15) is 0 Å².